The number of rotatable bonds is 4. The molecule has 0 saturated carbocycles. The molecule has 1 aromatic heterocycles. The van der Waals surface area contributed by atoms with Crippen molar-refractivity contribution < 1.29 is 14.6 Å². The smallest absolute Gasteiger partial charge is 0.122 e. The van der Waals surface area contributed by atoms with Gasteiger partial charge in [0.2, 0.25) is 0 Å². The zero-order chi connectivity index (χ0) is 13.8. The summed E-state index contributed by atoms with van der Waals surface area (Å²) < 4.78 is 11.2. The van der Waals surface area contributed by atoms with Crippen LogP contribution in [-0.2, 0) is 0 Å². The number of methoxy groups -OCH3 is 2. The topological polar surface area (TPSA) is 51.6 Å². The lowest BCUT2D eigenvalue weighted by Crippen LogP contribution is -2.01. The van der Waals surface area contributed by atoms with Crippen LogP contribution >= 0.6 is 15.9 Å². The van der Waals surface area contributed by atoms with E-state index < -0.39 is 6.10 Å². The largest absolute Gasteiger partial charge is 0.497 e. The molecule has 0 amide bonds. The average molecular weight is 324 g/mol. The number of pyridine rings is 1. The molecule has 2 rings (SSSR count). The first-order valence-corrected chi connectivity index (χ1v) is 6.45. The Kier molecular flexibility index (Phi) is 4.39. The van der Waals surface area contributed by atoms with Crippen molar-refractivity contribution in [1.29, 1.82) is 0 Å². The van der Waals surface area contributed by atoms with Crippen molar-refractivity contribution in [2.24, 2.45) is 0 Å². The second kappa shape index (κ2) is 6.04. The molecule has 0 fully saturated rings. The Bertz CT molecular complexity index is 552. The normalized spacial score (nSPS) is 12.0. The molecule has 1 atom stereocenters. The van der Waals surface area contributed by atoms with Crippen molar-refractivity contribution >= 4 is 15.9 Å². The molecule has 1 aromatic carbocycles. The fourth-order valence-corrected chi connectivity index (χ4v) is 2.14. The number of benzene rings is 1. The van der Waals surface area contributed by atoms with Gasteiger partial charge in [0.05, 0.1) is 14.2 Å². The summed E-state index contributed by atoms with van der Waals surface area (Å²) in [5, 5.41) is 10.4. The summed E-state index contributed by atoms with van der Waals surface area (Å²) in [7, 11) is 3.15. The van der Waals surface area contributed by atoms with E-state index in [2.05, 4.69) is 20.9 Å². The Hall–Kier alpha value is -1.59. The highest BCUT2D eigenvalue weighted by Crippen LogP contribution is 2.30. The highest BCUT2D eigenvalue weighted by molar-refractivity contribution is 9.10. The van der Waals surface area contributed by atoms with Gasteiger partial charge in [-0.15, -0.1) is 0 Å². The first-order valence-electron chi connectivity index (χ1n) is 5.65. The third kappa shape index (κ3) is 3.24. The molecule has 100 valence electrons. The number of halogens is 1. The van der Waals surface area contributed by atoms with Crippen LogP contribution in [0.3, 0.4) is 0 Å². The molecular weight excluding hydrogens is 310 g/mol. The molecule has 2 aromatic rings. The van der Waals surface area contributed by atoms with E-state index in [0.717, 1.165) is 4.47 Å². The number of hydrogen-bond acceptors (Lipinski definition) is 4. The second-order valence-electron chi connectivity index (χ2n) is 3.99. The first-order chi connectivity index (χ1) is 9.13. The third-order valence-corrected chi connectivity index (χ3v) is 3.16. The fourth-order valence-electron chi connectivity index (χ4n) is 1.76. The van der Waals surface area contributed by atoms with E-state index in [0.29, 0.717) is 22.6 Å². The maximum atomic E-state index is 10.4. The molecule has 1 unspecified atom stereocenters. The van der Waals surface area contributed by atoms with E-state index in [1.54, 1.807) is 44.8 Å². The van der Waals surface area contributed by atoms with Crippen molar-refractivity contribution in [3.63, 3.8) is 0 Å². The Balaban J connectivity index is 2.40. The van der Waals surface area contributed by atoms with E-state index in [4.69, 9.17) is 9.47 Å². The van der Waals surface area contributed by atoms with E-state index in [-0.39, 0.29) is 0 Å². The van der Waals surface area contributed by atoms with Gasteiger partial charge in [-0.1, -0.05) is 0 Å². The van der Waals surface area contributed by atoms with Crippen molar-refractivity contribution in [2.75, 3.05) is 14.2 Å². The van der Waals surface area contributed by atoms with Gasteiger partial charge >= 0.3 is 0 Å². The van der Waals surface area contributed by atoms with Gasteiger partial charge < -0.3 is 14.6 Å². The number of ether oxygens (including phenoxy) is 2. The number of aliphatic hydroxyl groups is 1. The minimum absolute atomic E-state index is 0.636. The number of nitrogens with zero attached hydrogens (tertiary/aromatic N) is 1. The van der Waals surface area contributed by atoms with Gasteiger partial charge in [0.15, 0.2) is 0 Å². The maximum Gasteiger partial charge on any atom is 0.122 e. The lowest BCUT2D eigenvalue weighted by atomic mass is 10.0. The zero-order valence-corrected chi connectivity index (χ0v) is 12.2. The van der Waals surface area contributed by atoms with Crippen LogP contribution in [0.4, 0.5) is 0 Å². The molecule has 0 radical (unpaired) electrons. The molecule has 1 N–H and O–H groups in total. The summed E-state index contributed by atoms with van der Waals surface area (Å²) in [5.41, 5.74) is 1.39. The molecule has 4 nitrogen and oxygen atoms in total. The van der Waals surface area contributed by atoms with E-state index in [1.807, 2.05) is 6.07 Å². The molecule has 1 heterocycles. The summed E-state index contributed by atoms with van der Waals surface area (Å²) in [4.78, 5) is 4.05. The van der Waals surface area contributed by atoms with Crippen molar-refractivity contribution in [1.82, 2.24) is 4.98 Å². The van der Waals surface area contributed by atoms with Crippen molar-refractivity contribution in [2.45, 2.75) is 6.10 Å². The maximum absolute atomic E-state index is 10.4. The third-order valence-electron chi connectivity index (χ3n) is 2.73. The fraction of sp³-hybridized carbons (Fsp3) is 0.214. The predicted molar refractivity (Wildman–Crippen MR) is 75.5 cm³/mol. The SMILES string of the molecule is COc1cc(OC)cc(C(O)c2cncc(Br)c2)c1. The molecule has 0 aliphatic rings. The van der Waals surface area contributed by atoms with Gasteiger partial charge in [0.1, 0.15) is 17.6 Å². The van der Waals surface area contributed by atoms with Gasteiger partial charge in [0.25, 0.3) is 0 Å². The standard InChI is InChI=1S/C14H14BrNO3/c1-18-12-4-9(5-13(6-12)19-2)14(17)10-3-11(15)8-16-7-10/h3-8,14,17H,1-2H3. The Morgan fingerprint density at radius 3 is 2.16 bits per heavy atom. The van der Waals surface area contributed by atoms with Gasteiger partial charge in [-0.05, 0) is 39.7 Å². The minimum Gasteiger partial charge on any atom is -0.497 e. The summed E-state index contributed by atoms with van der Waals surface area (Å²) in [6.45, 7) is 0. The molecule has 0 aliphatic carbocycles. The van der Waals surface area contributed by atoms with E-state index in [9.17, 15) is 5.11 Å². The Morgan fingerprint density at radius 2 is 1.63 bits per heavy atom. The van der Waals surface area contributed by atoms with Gasteiger partial charge in [-0.25, -0.2) is 0 Å². The van der Waals surface area contributed by atoms with Gasteiger partial charge in [-0.3, -0.25) is 4.98 Å². The number of aromatic nitrogens is 1. The Labute approximate surface area is 120 Å². The molecule has 0 spiro atoms. The van der Waals surface area contributed by atoms with Crippen molar-refractivity contribution in [3.05, 3.63) is 52.3 Å². The first kappa shape index (κ1) is 13.8. The van der Waals surface area contributed by atoms with Crippen LogP contribution in [0.15, 0.2) is 41.1 Å². The summed E-state index contributed by atoms with van der Waals surface area (Å²) >= 11 is 3.34. The molecule has 5 heteroatoms. The Morgan fingerprint density at radius 1 is 1.00 bits per heavy atom. The number of hydrogen-bond donors (Lipinski definition) is 1. The van der Waals surface area contributed by atoms with Crippen LogP contribution in [0.1, 0.15) is 17.2 Å². The van der Waals surface area contributed by atoms with Crippen LogP contribution in [0.2, 0.25) is 0 Å². The molecule has 0 aliphatic heterocycles. The van der Waals surface area contributed by atoms with Crippen LogP contribution in [0, 0.1) is 0 Å². The molecular formula is C14H14BrNO3. The highest BCUT2D eigenvalue weighted by atomic mass is 79.9. The van der Waals surface area contributed by atoms with Crippen LogP contribution in [0.25, 0.3) is 0 Å². The summed E-state index contributed by atoms with van der Waals surface area (Å²) in [6, 6.07) is 7.13. The summed E-state index contributed by atoms with van der Waals surface area (Å²) in [5.74, 6) is 1.27. The molecule has 19 heavy (non-hydrogen) atoms. The van der Waals surface area contributed by atoms with E-state index in [1.165, 1.54) is 0 Å². The van der Waals surface area contributed by atoms with Gasteiger partial charge in [0, 0.05) is 28.5 Å². The lowest BCUT2D eigenvalue weighted by molar-refractivity contribution is 0.218. The predicted octanol–water partition coefficient (Wildman–Crippen LogP) is 2.94. The van der Waals surface area contributed by atoms with Crippen molar-refractivity contribution in [3.8, 4) is 11.5 Å². The monoisotopic (exact) mass is 323 g/mol. The van der Waals surface area contributed by atoms with Crippen LogP contribution < -0.4 is 9.47 Å². The van der Waals surface area contributed by atoms with Crippen LogP contribution in [0.5, 0.6) is 11.5 Å². The van der Waals surface area contributed by atoms with E-state index >= 15 is 0 Å². The molecule has 0 bridgehead atoms. The van der Waals surface area contributed by atoms with Crippen LogP contribution in [-0.4, -0.2) is 24.3 Å². The molecule has 0 saturated heterocycles. The summed E-state index contributed by atoms with van der Waals surface area (Å²) in [6.07, 6.45) is 2.51. The highest BCUT2D eigenvalue weighted by Gasteiger charge is 2.14. The average Bonchev–Trinajstić information content (AvgIpc) is 2.45. The quantitative estimate of drug-likeness (QED) is 0.939. The number of aliphatic hydroxyl groups excluding tert-OH is 1. The minimum atomic E-state index is -0.783. The van der Waals surface area contributed by atoms with Gasteiger partial charge in [-0.2, -0.15) is 0 Å². The second-order valence-corrected chi connectivity index (χ2v) is 4.90. The zero-order valence-electron chi connectivity index (χ0n) is 10.6. The lowest BCUT2D eigenvalue weighted by Gasteiger charge is -2.14.